The average molecular weight is 319 g/mol. The van der Waals surface area contributed by atoms with Crippen LogP contribution in [0.15, 0.2) is 24.4 Å². The SMILES string of the molecule is Cc1ccc(F)c(C(=O)Nc2ncc(C3CCNCC3)s2)c1. The van der Waals surface area contributed by atoms with Gasteiger partial charge in [0.05, 0.1) is 5.56 Å². The van der Waals surface area contributed by atoms with E-state index < -0.39 is 11.7 Å². The summed E-state index contributed by atoms with van der Waals surface area (Å²) in [4.78, 5) is 17.6. The minimum Gasteiger partial charge on any atom is -0.317 e. The molecule has 0 unspecified atom stereocenters. The summed E-state index contributed by atoms with van der Waals surface area (Å²) >= 11 is 1.48. The number of aryl methyl sites for hydroxylation is 1. The number of hydrogen-bond donors (Lipinski definition) is 2. The standard InChI is InChI=1S/C16H18FN3OS/c1-10-2-3-13(17)12(8-10)15(21)20-16-19-9-14(22-16)11-4-6-18-7-5-11/h2-3,8-9,11,18H,4-7H2,1H3,(H,19,20,21). The average Bonchev–Trinajstić information content (AvgIpc) is 2.99. The summed E-state index contributed by atoms with van der Waals surface area (Å²) in [6, 6.07) is 4.50. The number of thiazole rings is 1. The molecule has 1 aliphatic rings. The van der Waals surface area contributed by atoms with Gasteiger partial charge in [-0.15, -0.1) is 11.3 Å². The summed E-state index contributed by atoms with van der Waals surface area (Å²) in [5, 5.41) is 6.56. The first-order valence-electron chi connectivity index (χ1n) is 7.37. The molecule has 0 bridgehead atoms. The van der Waals surface area contributed by atoms with Crippen molar-refractivity contribution < 1.29 is 9.18 Å². The number of anilines is 1. The fourth-order valence-corrected chi connectivity index (χ4v) is 3.60. The van der Waals surface area contributed by atoms with Crippen LogP contribution in [-0.4, -0.2) is 24.0 Å². The molecule has 0 saturated carbocycles. The highest BCUT2D eigenvalue weighted by molar-refractivity contribution is 7.15. The third-order valence-electron chi connectivity index (χ3n) is 3.85. The van der Waals surface area contributed by atoms with Crippen molar-refractivity contribution >= 4 is 22.4 Å². The van der Waals surface area contributed by atoms with Gasteiger partial charge in [0.1, 0.15) is 5.82 Å². The Labute approximate surface area is 132 Å². The fourth-order valence-electron chi connectivity index (χ4n) is 2.62. The Morgan fingerprint density at radius 1 is 1.41 bits per heavy atom. The van der Waals surface area contributed by atoms with Crippen LogP contribution in [0, 0.1) is 12.7 Å². The molecule has 22 heavy (non-hydrogen) atoms. The van der Waals surface area contributed by atoms with Crippen molar-refractivity contribution in [1.29, 1.82) is 0 Å². The van der Waals surface area contributed by atoms with Crippen LogP contribution in [-0.2, 0) is 0 Å². The molecule has 1 amide bonds. The topological polar surface area (TPSA) is 54.0 Å². The quantitative estimate of drug-likeness (QED) is 0.912. The Kier molecular flexibility index (Phi) is 4.49. The van der Waals surface area contributed by atoms with Crippen molar-refractivity contribution in [3.05, 3.63) is 46.2 Å². The second-order valence-electron chi connectivity index (χ2n) is 5.53. The minimum absolute atomic E-state index is 0.0543. The second kappa shape index (κ2) is 6.54. The number of rotatable bonds is 3. The first-order chi connectivity index (χ1) is 10.6. The number of halogens is 1. The van der Waals surface area contributed by atoms with E-state index in [4.69, 9.17) is 0 Å². The van der Waals surface area contributed by atoms with Gasteiger partial charge >= 0.3 is 0 Å². The lowest BCUT2D eigenvalue weighted by Gasteiger charge is -2.20. The lowest BCUT2D eigenvalue weighted by molar-refractivity contribution is 0.102. The highest BCUT2D eigenvalue weighted by atomic mass is 32.1. The van der Waals surface area contributed by atoms with E-state index >= 15 is 0 Å². The number of aromatic nitrogens is 1. The Morgan fingerprint density at radius 3 is 2.95 bits per heavy atom. The number of piperidine rings is 1. The maximum Gasteiger partial charge on any atom is 0.260 e. The Morgan fingerprint density at radius 2 is 2.18 bits per heavy atom. The molecular formula is C16H18FN3OS. The van der Waals surface area contributed by atoms with Gasteiger partial charge in [0.25, 0.3) is 5.91 Å². The normalized spacial score (nSPS) is 15.7. The molecule has 2 aromatic rings. The van der Waals surface area contributed by atoms with Crippen LogP contribution in [0.3, 0.4) is 0 Å². The van der Waals surface area contributed by atoms with Crippen LogP contribution in [0.2, 0.25) is 0 Å². The zero-order valence-corrected chi connectivity index (χ0v) is 13.2. The first-order valence-corrected chi connectivity index (χ1v) is 8.19. The van der Waals surface area contributed by atoms with Crippen molar-refractivity contribution in [2.75, 3.05) is 18.4 Å². The summed E-state index contributed by atoms with van der Waals surface area (Å²) in [6.45, 7) is 3.85. The van der Waals surface area contributed by atoms with Crippen molar-refractivity contribution in [2.45, 2.75) is 25.7 Å². The van der Waals surface area contributed by atoms with Gasteiger partial charge in [-0.1, -0.05) is 11.6 Å². The molecule has 0 spiro atoms. The van der Waals surface area contributed by atoms with E-state index in [0.29, 0.717) is 11.0 Å². The molecule has 1 fully saturated rings. The van der Waals surface area contributed by atoms with Crippen molar-refractivity contribution in [2.24, 2.45) is 0 Å². The molecule has 0 aliphatic carbocycles. The van der Waals surface area contributed by atoms with Crippen LogP contribution in [0.5, 0.6) is 0 Å². The zero-order chi connectivity index (χ0) is 15.5. The van der Waals surface area contributed by atoms with Crippen molar-refractivity contribution in [3.8, 4) is 0 Å². The number of benzene rings is 1. The van der Waals surface area contributed by atoms with E-state index in [1.165, 1.54) is 22.3 Å². The summed E-state index contributed by atoms with van der Waals surface area (Å²) in [5.41, 5.74) is 0.902. The fraction of sp³-hybridized carbons (Fsp3) is 0.375. The highest BCUT2D eigenvalue weighted by Crippen LogP contribution is 2.31. The molecule has 1 saturated heterocycles. The summed E-state index contributed by atoms with van der Waals surface area (Å²) < 4.78 is 13.7. The molecule has 0 atom stereocenters. The number of carbonyl (C=O) groups is 1. The molecule has 6 heteroatoms. The van der Waals surface area contributed by atoms with Crippen LogP contribution in [0.25, 0.3) is 0 Å². The Bertz CT molecular complexity index is 680. The zero-order valence-electron chi connectivity index (χ0n) is 12.4. The van der Waals surface area contributed by atoms with Crippen LogP contribution in [0.1, 0.15) is 39.6 Å². The third-order valence-corrected chi connectivity index (χ3v) is 4.93. The largest absolute Gasteiger partial charge is 0.317 e. The third kappa shape index (κ3) is 3.34. The van der Waals surface area contributed by atoms with Gasteiger partial charge in [-0.25, -0.2) is 9.37 Å². The van der Waals surface area contributed by atoms with Crippen LogP contribution >= 0.6 is 11.3 Å². The molecule has 116 valence electrons. The van der Waals surface area contributed by atoms with Gasteiger partial charge in [-0.2, -0.15) is 0 Å². The number of nitrogens with zero attached hydrogens (tertiary/aromatic N) is 1. The highest BCUT2D eigenvalue weighted by Gasteiger charge is 2.19. The van der Waals surface area contributed by atoms with Gasteiger partial charge in [0.2, 0.25) is 0 Å². The number of amides is 1. The van der Waals surface area contributed by atoms with Gasteiger partial charge in [-0.05, 0) is 50.9 Å². The minimum atomic E-state index is -0.516. The van der Waals surface area contributed by atoms with E-state index in [2.05, 4.69) is 15.6 Å². The molecule has 0 radical (unpaired) electrons. The van der Waals surface area contributed by atoms with Crippen LogP contribution < -0.4 is 10.6 Å². The van der Waals surface area contributed by atoms with Gasteiger partial charge in [-0.3, -0.25) is 10.1 Å². The predicted octanol–water partition coefficient (Wildman–Crippen LogP) is 3.31. The molecule has 1 aromatic heterocycles. The molecule has 2 N–H and O–H groups in total. The molecule has 4 nitrogen and oxygen atoms in total. The van der Waals surface area contributed by atoms with Gasteiger partial charge < -0.3 is 5.32 Å². The Balaban J connectivity index is 1.71. The maximum absolute atomic E-state index is 13.7. The van der Waals surface area contributed by atoms with Gasteiger partial charge in [0, 0.05) is 11.1 Å². The van der Waals surface area contributed by atoms with Crippen molar-refractivity contribution in [3.63, 3.8) is 0 Å². The molecular weight excluding hydrogens is 301 g/mol. The molecule has 2 heterocycles. The van der Waals surface area contributed by atoms with E-state index in [1.54, 1.807) is 12.1 Å². The van der Waals surface area contributed by atoms with E-state index in [9.17, 15) is 9.18 Å². The van der Waals surface area contributed by atoms with Crippen molar-refractivity contribution in [1.82, 2.24) is 10.3 Å². The van der Waals surface area contributed by atoms with Gasteiger partial charge in [0.15, 0.2) is 5.13 Å². The summed E-state index contributed by atoms with van der Waals surface area (Å²) in [7, 11) is 0. The number of nitrogens with one attached hydrogen (secondary N) is 2. The van der Waals surface area contributed by atoms with Crippen LogP contribution in [0.4, 0.5) is 9.52 Å². The molecule has 1 aliphatic heterocycles. The summed E-state index contributed by atoms with van der Waals surface area (Å²) in [5.74, 6) is -0.467. The van der Waals surface area contributed by atoms with E-state index in [-0.39, 0.29) is 5.56 Å². The Hall–Kier alpha value is -1.79. The van der Waals surface area contributed by atoms with E-state index in [0.717, 1.165) is 31.5 Å². The lowest BCUT2D eigenvalue weighted by Crippen LogP contribution is -2.26. The predicted molar refractivity (Wildman–Crippen MR) is 86.0 cm³/mol. The lowest BCUT2D eigenvalue weighted by atomic mass is 9.97. The summed E-state index contributed by atoms with van der Waals surface area (Å²) in [6.07, 6.45) is 3.99. The number of carbonyl (C=O) groups excluding carboxylic acids is 1. The maximum atomic E-state index is 13.7. The molecule has 3 rings (SSSR count). The monoisotopic (exact) mass is 319 g/mol. The smallest absolute Gasteiger partial charge is 0.260 e. The van der Waals surface area contributed by atoms with E-state index in [1.807, 2.05) is 13.1 Å². The molecule has 1 aromatic carbocycles. The second-order valence-corrected chi connectivity index (χ2v) is 6.59. The first kappa shape index (κ1) is 15.1. The number of hydrogen-bond acceptors (Lipinski definition) is 4.